The second kappa shape index (κ2) is 6.51. The van der Waals surface area contributed by atoms with Crippen molar-refractivity contribution < 1.29 is 0 Å². The van der Waals surface area contributed by atoms with Gasteiger partial charge < -0.3 is 0 Å². The van der Waals surface area contributed by atoms with Crippen LogP contribution < -0.4 is 0 Å². The summed E-state index contributed by atoms with van der Waals surface area (Å²) in [5.74, 6) is 1.24. The van der Waals surface area contributed by atoms with Gasteiger partial charge in [0.25, 0.3) is 0 Å². The average Bonchev–Trinajstić information content (AvgIpc) is 2.23. The Bertz CT molecular complexity index is 318. The molecular formula is C10H13Cl3N2. The van der Waals surface area contributed by atoms with E-state index in [0.717, 1.165) is 24.8 Å². The van der Waals surface area contributed by atoms with Gasteiger partial charge in [-0.15, -0.1) is 21.8 Å². The Morgan fingerprint density at radius 3 is 2.73 bits per heavy atom. The molecule has 1 heterocycles. The third kappa shape index (κ3) is 4.54. The van der Waals surface area contributed by atoms with Crippen molar-refractivity contribution in [3.63, 3.8) is 0 Å². The first-order valence-electron chi connectivity index (χ1n) is 4.87. The molecule has 0 fully saturated rings. The molecule has 1 aromatic heterocycles. The molecule has 1 unspecified atom stereocenters. The van der Waals surface area contributed by atoms with E-state index in [2.05, 4.69) is 17.1 Å². The van der Waals surface area contributed by atoms with Gasteiger partial charge in [-0.2, -0.15) is 0 Å². The van der Waals surface area contributed by atoms with E-state index < -0.39 is 0 Å². The number of aryl methyl sites for hydroxylation is 1. The van der Waals surface area contributed by atoms with Crippen LogP contribution in [0.5, 0.6) is 0 Å². The molecule has 0 aliphatic carbocycles. The lowest BCUT2D eigenvalue weighted by Crippen LogP contribution is -1.98. The number of hydrogen-bond acceptors (Lipinski definition) is 2. The molecule has 0 saturated heterocycles. The second-order valence-electron chi connectivity index (χ2n) is 3.63. The summed E-state index contributed by atoms with van der Waals surface area (Å²) in [5.41, 5.74) is 0.957. The van der Waals surface area contributed by atoms with E-state index in [1.165, 1.54) is 0 Å². The summed E-state index contributed by atoms with van der Waals surface area (Å²) in [7, 11) is 0. The van der Waals surface area contributed by atoms with Crippen molar-refractivity contribution in [1.82, 2.24) is 10.2 Å². The molecule has 2 nitrogen and oxygen atoms in total. The Balaban J connectivity index is 2.46. The van der Waals surface area contributed by atoms with Crippen LogP contribution in [0.15, 0.2) is 6.07 Å². The Kier molecular flexibility index (Phi) is 5.65. The zero-order valence-electron chi connectivity index (χ0n) is 8.51. The number of alkyl halides is 1. The van der Waals surface area contributed by atoms with Gasteiger partial charge in [0, 0.05) is 5.88 Å². The minimum Gasteiger partial charge on any atom is -0.137 e. The van der Waals surface area contributed by atoms with E-state index in [1.54, 1.807) is 6.07 Å². The molecule has 0 aromatic carbocycles. The normalized spacial score (nSPS) is 12.8. The van der Waals surface area contributed by atoms with Crippen molar-refractivity contribution in [2.24, 2.45) is 5.92 Å². The van der Waals surface area contributed by atoms with Gasteiger partial charge in [-0.05, 0) is 36.8 Å². The fourth-order valence-electron chi connectivity index (χ4n) is 1.28. The fourth-order valence-corrected chi connectivity index (χ4v) is 1.79. The van der Waals surface area contributed by atoms with Crippen LogP contribution in [0.4, 0.5) is 0 Å². The van der Waals surface area contributed by atoms with Gasteiger partial charge in [0.05, 0.1) is 0 Å². The SMILES string of the molecule is CC(CCl)CCCc1cc(Cl)nnc1Cl. The maximum Gasteiger partial charge on any atom is 0.155 e. The first kappa shape index (κ1) is 13.0. The summed E-state index contributed by atoms with van der Waals surface area (Å²) in [6, 6.07) is 1.77. The highest BCUT2D eigenvalue weighted by atomic mass is 35.5. The predicted molar refractivity (Wildman–Crippen MR) is 64.9 cm³/mol. The second-order valence-corrected chi connectivity index (χ2v) is 4.69. The molecule has 84 valence electrons. The van der Waals surface area contributed by atoms with Crippen molar-refractivity contribution in [1.29, 1.82) is 0 Å². The number of hydrogen-bond donors (Lipinski definition) is 0. The van der Waals surface area contributed by atoms with Gasteiger partial charge in [0.15, 0.2) is 10.3 Å². The monoisotopic (exact) mass is 266 g/mol. The van der Waals surface area contributed by atoms with Crippen LogP contribution in [0.1, 0.15) is 25.3 Å². The zero-order chi connectivity index (χ0) is 11.3. The van der Waals surface area contributed by atoms with Crippen LogP contribution in [-0.4, -0.2) is 16.1 Å². The van der Waals surface area contributed by atoms with E-state index in [-0.39, 0.29) is 0 Å². The summed E-state index contributed by atoms with van der Waals surface area (Å²) in [6.07, 6.45) is 2.99. The van der Waals surface area contributed by atoms with Crippen LogP contribution in [0.25, 0.3) is 0 Å². The minimum absolute atomic E-state index is 0.389. The molecule has 1 atom stereocenters. The smallest absolute Gasteiger partial charge is 0.137 e. The first-order chi connectivity index (χ1) is 7.13. The molecule has 0 N–H and O–H groups in total. The largest absolute Gasteiger partial charge is 0.155 e. The van der Waals surface area contributed by atoms with E-state index in [1.807, 2.05) is 0 Å². The molecule has 1 rings (SSSR count). The predicted octanol–water partition coefficient (Wildman–Crippen LogP) is 3.98. The lowest BCUT2D eigenvalue weighted by molar-refractivity contribution is 0.560. The fraction of sp³-hybridized carbons (Fsp3) is 0.600. The van der Waals surface area contributed by atoms with Gasteiger partial charge in [0.1, 0.15) is 0 Å². The molecular weight excluding hydrogens is 254 g/mol. The molecule has 1 aromatic rings. The molecule has 15 heavy (non-hydrogen) atoms. The molecule has 0 aliphatic heterocycles. The van der Waals surface area contributed by atoms with Crippen LogP contribution in [0, 0.1) is 5.92 Å². The van der Waals surface area contributed by atoms with E-state index in [9.17, 15) is 0 Å². The zero-order valence-corrected chi connectivity index (χ0v) is 10.8. The van der Waals surface area contributed by atoms with Crippen molar-refractivity contribution in [2.75, 3.05) is 5.88 Å². The Labute approximate surface area is 105 Å². The standard InChI is InChI=1S/C10H13Cl3N2/c1-7(6-11)3-2-4-8-5-9(12)14-15-10(8)13/h5,7H,2-4,6H2,1H3. The quantitative estimate of drug-likeness (QED) is 0.754. The van der Waals surface area contributed by atoms with Crippen LogP contribution in [-0.2, 0) is 6.42 Å². The lowest BCUT2D eigenvalue weighted by Gasteiger charge is -2.07. The number of rotatable bonds is 5. The van der Waals surface area contributed by atoms with Crippen molar-refractivity contribution in [3.8, 4) is 0 Å². The maximum atomic E-state index is 5.89. The van der Waals surface area contributed by atoms with Gasteiger partial charge >= 0.3 is 0 Å². The maximum absolute atomic E-state index is 5.89. The topological polar surface area (TPSA) is 25.8 Å². The van der Waals surface area contributed by atoms with Crippen molar-refractivity contribution in [2.45, 2.75) is 26.2 Å². The summed E-state index contributed by atoms with van der Waals surface area (Å²) >= 11 is 17.3. The Morgan fingerprint density at radius 2 is 2.07 bits per heavy atom. The molecule has 0 amide bonds. The summed E-state index contributed by atoms with van der Waals surface area (Å²) in [6.45, 7) is 2.13. The number of nitrogens with zero attached hydrogens (tertiary/aromatic N) is 2. The van der Waals surface area contributed by atoms with E-state index >= 15 is 0 Å². The highest BCUT2D eigenvalue weighted by molar-refractivity contribution is 6.31. The summed E-state index contributed by atoms with van der Waals surface area (Å²) < 4.78 is 0. The van der Waals surface area contributed by atoms with Gasteiger partial charge in [-0.3, -0.25) is 0 Å². The molecule has 0 spiro atoms. The van der Waals surface area contributed by atoms with Gasteiger partial charge in [-0.1, -0.05) is 30.1 Å². The van der Waals surface area contributed by atoms with Crippen molar-refractivity contribution >= 4 is 34.8 Å². The lowest BCUT2D eigenvalue weighted by atomic mass is 10.0. The van der Waals surface area contributed by atoms with Gasteiger partial charge in [-0.25, -0.2) is 0 Å². The third-order valence-corrected chi connectivity index (χ3v) is 3.23. The Morgan fingerprint density at radius 1 is 1.33 bits per heavy atom. The highest BCUT2D eigenvalue weighted by Gasteiger charge is 2.05. The molecule has 0 aliphatic rings. The van der Waals surface area contributed by atoms with Crippen LogP contribution in [0.2, 0.25) is 10.3 Å². The van der Waals surface area contributed by atoms with Crippen LogP contribution in [0.3, 0.4) is 0 Å². The highest BCUT2D eigenvalue weighted by Crippen LogP contribution is 2.19. The summed E-state index contributed by atoms with van der Waals surface area (Å²) in [4.78, 5) is 0. The summed E-state index contributed by atoms with van der Waals surface area (Å²) in [5, 5.41) is 8.25. The Hall–Kier alpha value is -0.0500. The van der Waals surface area contributed by atoms with E-state index in [4.69, 9.17) is 34.8 Å². The number of halogens is 3. The molecule has 5 heteroatoms. The molecule has 0 bridgehead atoms. The van der Waals surface area contributed by atoms with Crippen molar-refractivity contribution in [3.05, 3.63) is 21.9 Å². The molecule has 0 saturated carbocycles. The van der Waals surface area contributed by atoms with Crippen LogP contribution >= 0.6 is 34.8 Å². The average molecular weight is 268 g/mol. The molecule has 0 radical (unpaired) electrons. The number of aromatic nitrogens is 2. The van der Waals surface area contributed by atoms with E-state index in [0.29, 0.717) is 22.1 Å². The third-order valence-electron chi connectivity index (χ3n) is 2.20. The minimum atomic E-state index is 0.389. The van der Waals surface area contributed by atoms with Gasteiger partial charge in [0.2, 0.25) is 0 Å². The first-order valence-corrected chi connectivity index (χ1v) is 6.16.